The molecule has 20 heavy (non-hydrogen) atoms. The molecule has 0 aromatic rings. The van der Waals surface area contributed by atoms with Gasteiger partial charge in [0.05, 0.1) is 18.8 Å². The Morgan fingerprint density at radius 1 is 1.40 bits per heavy atom. The first-order valence-corrected chi connectivity index (χ1v) is 7.23. The number of amides is 1. The number of nitrogens with one attached hydrogen (secondary N) is 1. The molecule has 2 rings (SSSR count). The van der Waals surface area contributed by atoms with E-state index < -0.39 is 22.7 Å². The van der Waals surface area contributed by atoms with Gasteiger partial charge < -0.3 is 25.2 Å². The van der Waals surface area contributed by atoms with E-state index in [0.717, 1.165) is 6.42 Å². The third-order valence-corrected chi connectivity index (χ3v) is 4.34. The number of β-amino-alcohol motifs (C(OH)–C–C–N with tert-alkyl or cyclic N) is 1. The molecule has 2 saturated heterocycles. The van der Waals surface area contributed by atoms with E-state index in [0.29, 0.717) is 26.1 Å². The van der Waals surface area contributed by atoms with Crippen molar-refractivity contribution in [3.05, 3.63) is 0 Å². The number of rotatable bonds is 2. The van der Waals surface area contributed by atoms with Crippen LogP contribution in [-0.4, -0.2) is 65.2 Å². The lowest BCUT2D eigenvalue weighted by Crippen LogP contribution is -2.72. The number of nitrogens with zero attached hydrogens (tertiary/aromatic N) is 1. The van der Waals surface area contributed by atoms with Gasteiger partial charge in [-0.05, 0) is 33.6 Å². The Hall–Kier alpha value is -0.850. The SMILES string of the molecule is CC(C)(C)OC(=O)N1CCCC(O)(C2(CO)CNC2)C1. The lowest BCUT2D eigenvalue weighted by Gasteiger charge is -2.55. The first kappa shape index (κ1) is 15.5. The van der Waals surface area contributed by atoms with Gasteiger partial charge in [-0.3, -0.25) is 0 Å². The molecule has 2 heterocycles. The van der Waals surface area contributed by atoms with Crippen molar-refractivity contribution in [2.45, 2.75) is 44.8 Å². The number of carbonyl (C=O) groups excluding carboxylic acids is 1. The third-order valence-electron chi connectivity index (χ3n) is 4.34. The van der Waals surface area contributed by atoms with Crippen molar-refractivity contribution in [3.63, 3.8) is 0 Å². The summed E-state index contributed by atoms with van der Waals surface area (Å²) in [6, 6.07) is 0. The second kappa shape index (κ2) is 5.16. The van der Waals surface area contributed by atoms with E-state index in [1.54, 1.807) is 4.90 Å². The molecule has 0 aliphatic carbocycles. The van der Waals surface area contributed by atoms with Crippen molar-refractivity contribution in [2.24, 2.45) is 5.41 Å². The number of hydrogen-bond acceptors (Lipinski definition) is 5. The molecule has 1 amide bonds. The highest BCUT2D eigenvalue weighted by atomic mass is 16.6. The molecule has 6 heteroatoms. The molecule has 0 aromatic heterocycles. The fraction of sp³-hybridized carbons (Fsp3) is 0.929. The predicted octanol–water partition coefficient (Wildman–Crippen LogP) is 0.330. The van der Waals surface area contributed by atoms with Crippen LogP contribution in [0.5, 0.6) is 0 Å². The van der Waals surface area contributed by atoms with E-state index in [9.17, 15) is 15.0 Å². The van der Waals surface area contributed by atoms with E-state index >= 15 is 0 Å². The Kier molecular flexibility index (Phi) is 4.01. The van der Waals surface area contributed by atoms with E-state index in [-0.39, 0.29) is 13.2 Å². The number of hydrogen-bond donors (Lipinski definition) is 3. The van der Waals surface area contributed by atoms with Crippen LogP contribution in [0, 0.1) is 5.41 Å². The summed E-state index contributed by atoms with van der Waals surface area (Å²) in [6.45, 7) is 7.39. The molecule has 116 valence electrons. The fourth-order valence-electron chi connectivity index (χ4n) is 2.97. The van der Waals surface area contributed by atoms with Crippen molar-refractivity contribution >= 4 is 6.09 Å². The van der Waals surface area contributed by atoms with Crippen molar-refractivity contribution in [1.82, 2.24) is 10.2 Å². The van der Waals surface area contributed by atoms with Gasteiger partial charge in [-0.1, -0.05) is 0 Å². The summed E-state index contributed by atoms with van der Waals surface area (Å²) in [6.07, 6.45) is 0.933. The minimum atomic E-state index is -1.04. The number of aliphatic hydroxyl groups is 2. The zero-order valence-electron chi connectivity index (χ0n) is 12.6. The molecule has 3 N–H and O–H groups in total. The maximum Gasteiger partial charge on any atom is 0.410 e. The standard InChI is InChI=1S/C14H26N2O4/c1-12(2,3)20-11(18)16-6-4-5-14(19,9-16)13(10-17)7-15-8-13/h15,17,19H,4-10H2,1-3H3. The van der Waals surface area contributed by atoms with E-state index in [1.807, 2.05) is 20.8 Å². The normalized spacial score (nSPS) is 29.8. The Morgan fingerprint density at radius 2 is 2.05 bits per heavy atom. The molecule has 2 aliphatic rings. The topological polar surface area (TPSA) is 82.0 Å². The molecule has 0 saturated carbocycles. The minimum Gasteiger partial charge on any atom is -0.444 e. The molecule has 0 spiro atoms. The third kappa shape index (κ3) is 2.77. The zero-order valence-corrected chi connectivity index (χ0v) is 12.6. The van der Waals surface area contributed by atoms with E-state index in [2.05, 4.69) is 5.32 Å². The van der Waals surface area contributed by atoms with Crippen molar-refractivity contribution in [2.75, 3.05) is 32.8 Å². The Bertz CT molecular complexity index is 370. The zero-order chi connectivity index (χ0) is 15.0. The molecule has 0 bridgehead atoms. The van der Waals surface area contributed by atoms with Crippen LogP contribution in [0.25, 0.3) is 0 Å². The van der Waals surface area contributed by atoms with Gasteiger partial charge >= 0.3 is 6.09 Å². The molecule has 0 aromatic carbocycles. The summed E-state index contributed by atoms with van der Waals surface area (Å²) < 4.78 is 5.37. The van der Waals surface area contributed by atoms with Gasteiger partial charge in [0.15, 0.2) is 0 Å². The number of ether oxygens (including phenoxy) is 1. The van der Waals surface area contributed by atoms with Crippen molar-refractivity contribution in [1.29, 1.82) is 0 Å². The predicted molar refractivity (Wildman–Crippen MR) is 74.4 cm³/mol. The highest BCUT2D eigenvalue weighted by Gasteiger charge is 2.56. The van der Waals surface area contributed by atoms with Gasteiger partial charge in [-0.15, -0.1) is 0 Å². The van der Waals surface area contributed by atoms with Crippen molar-refractivity contribution < 1.29 is 19.7 Å². The van der Waals surface area contributed by atoms with Crippen LogP contribution in [-0.2, 0) is 4.74 Å². The lowest BCUT2D eigenvalue weighted by atomic mass is 9.64. The summed E-state index contributed by atoms with van der Waals surface area (Å²) in [4.78, 5) is 13.7. The van der Waals surface area contributed by atoms with E-state index in [1.165, 1.54) is 0 Å². The van der Waals surface area contributed by atoms with Crippen molar-refractivity contribution in [3.8, 4) is 0 Å². The molecule has 2 fully saturated rings. The molecule has 6 nitrogen and oxygen atoms in total. The quantitative estimate of drug-likeness (QED) is 0.681. The molecule has 1 atom stereocenters. The number of likely N-dealkylation sites (tertiary alicyclic amines) is 1. The van der Waals surface area contributed by atoms with Crippen LogP contribution < -0.4 is 5.32 Å². The maximum atomic E-state index is 12.1. The van der Waals surface area contributed by atoms with Gasteiger partial charge in [-0.2, -0.15) is 0 Å². The molecular formula is C14H26N2O4. The summed E-state index contributed by atoms with van der Waals surface area (Å²) in [5, 5.41) is 23.6. The average molecular weight is 286 g/mol. The molecule has 2 aliphatic heterocycles. The summed E-state index contributed by atoms with van der Waals surface area (Å²) in [5.41, 5.74) is -2.12. The van der Waals surface area contributed by atoms with Crippen LogP contribution in [0.15, 0.2) is 0 Å². The minimum absolute atomic E-state index is 0.0708. The first-order valence-electron chi connectivity index (χ1n) is 7.23. The second-order valence-electron chi connectivity index (χ2n) is 7.08. The molecule has 1 unspecified atom stereocenters. The number of piperidine rings is 1. The lowest BCUT2D eigenvalue weighted by molar-refractivity contribution is -0.163. The van der Waals surface area contributed by atoms with Gasteiger partial charge in [0, 0.05) is 25.0 Å². The first-order chi connectivity index (χ1) is 9.21. The van der Waals surface area contributed by atoms with Crippen LogP contribution in [0.4, 0.5) is 4.79 Å². The van der Waals surface area contributed by atoms with Crippen LogP contribution in [0.3, 0.4) is 0 Å². The van der Waals surface area contributed by atoms with Gasteiger partial charge in [-0.25, -0.2) is 4.79 Å². The van der Waals surface area contributed by atoms with Gasteiger partial charge in [0.25, 0.3) is 0 Å². The largest absolute Gasteiger partial charge is 0.444 e. The Balaban J connectivity index is 2.06. The molecular weight excluding hydrogens is 260 g/mol. The van der Waals surface area contributed by atoms with Gasteiger partial charge in [0.2, 0.25) is 0 Å². The van der Waals surface area contributed by atoms with Crippen LogP contribution >= 0.6 is 0 Å². The smallest absolute Gasteiger partial charge is 0.410 e. The van der Waals surface area contributed by atoms with E-state index in [4.69, 9.17) is 4.74 Å². The number of aliphatic hydroxyl groups excluding tert-OH is 1. The Labute approximate surface area is 120 Å². The average Bonchev–Trinajstić information content (AvgIpc) is 2.25. The summed E-state index contributed by atoms with van der Waals surface area (Å²) >= 11 is 0. The van der Waals surface area contributed by atoms with Gasteiger partial charge in [0.1, 0.15) is 5.60 Å². The highest BCUT2D eigenvalue weighted by molar-refractivity contribution is 5.68. The molecule has 0 radical (unpaired) electrons. The van der Waals surface area contributed by atoms with Crippen LogP contribution in [0.2, 0.25) is 0 Å². The fourth-order valence-corrected chi connectivity index (χ4v) is 2.97. The number of carbonyl (C=O) groups is 1. The Morgan fingerprint density at radius 3 is 2.50 bits per heavy atom. The highest BCUT2D eigenvalue weighted by Crippen LogP contribution is 2.41. The second-order valence-corrected chi connectivity index (χ2v) is 7.08. The summed E-state index contributed by atoms with van der Waals surface area (Å²) in [7, 11) is 0. The summed E-state index contributed by atoms with van der Waals surface area (Å²) in [5.74, 6) is 0. The maximum absolute atomic E-state index is 12.1. The monoisotopic (exact) mass is 286 g/mol. The van der Waals surface area contributed by atoms with Crippen LogP contribution in [0.1, 0.15) is 33.6 Å².